The summed E-state index contributed by atoms with van der Waals surface area (Å²) < 4.78 is 0. The second kappa shape index (κ2) is 6.27. The molecule has 2 unspecified atom stereocenters. The number of hydrogen-bond donors (Lipinski definition) is 3. The first-order valence-corrected chi connectivity index (χ1v) is 7.26. The molecule has 2 atom stereocenters. The first-order chi connectivity index (χ1) is 9.53. The summed E-state index contributed by atoms with van der Waals surface area (Å²) in [5.41, 5.74) is 1.06. The molecule has 3 N–H and O–H groups in total. The molecule has 2 rings (SSSR count). The van der Waals surface area contributed by atoms with Crippen LogP contribution in [0.5, 0.6) is 0 Å². The van der Waals surface area contributed by atoms with Crippen LogP contribution in [-0.4, -0.2) is 23.8 Å². The number of benzene rings is 1. The van der Waals surface area contributed by atoms with Gasteiger partial charge in [-0.05, 0) is 23.8 Å². The van der Waals surface area contributed by atoms with Crippen molar-refractivity contribution in [3.05, 3.63) is 35.9 Å². The van der Waals surface area contributed by atoms with E-state index in [4.69, 9.17) is 0 Å². The number of nitrogens with one attached hydrogen (secondary N) is 2. The van der Waals surface area contributed by atoms with Crippen molar-refractivity contribution >= 4 is 6.03 Å². The second-order valence-electron chi connectivity index (χ2n) is 6.20. The standard InChI is InChI=1S/C16H24N2O2/c1-16(2)10-6-9-14(16)18-15(20)17-13(11-19)12-7-4-3-5-8-12/h3-5,7-8,13-14,19H,6,9-11H2,1-2H3,(H2,17,18,20). The largest absolute Gasteiger partial charge is 0.394 e. The van der Waals surface area contributed by atoms with Gasteiger partial charge in [0, 0.05) is 6.04 Å². The summed E-state index contributed by atoms with van der Waals surface area (Å²) >= 11 is 0. The predicted molar refractivity (Wildman–Crippen MR) is 79.4 cm³/mol. The van der Waals surface area contributed by atoms with Crippen molar-refractivity contribution in [1.29, 1.82) is 0 Å². The normalized spacial score (nSPS) is 22.2. The highest BCUT2D eigenvalue weighted by atomic mass is 16.3. The number of urea groups is 1. The molecule has 0 radical (unpaired) electrons. The molecule has 4 nitrogen and oxygen atoms in total. The Kier molecular flexibility index (Phi) is 4.65. The molecule has 1 aromatic carbocycles. The van der Waals surface area contributed by atoms with Gasteiger partial charge in [-0.1, -0.05) is 50.6 Å². The molecule has 0 aromatic heterocycles. The zero-order valence-corrected chi connectivity index (χ0v) is 12.2. The molecule has 1 saturated carbocycles. The van der Waals surface area contributed by atoms with Crippen molar-refractivity contribution in [2.24, 2.45) is 5.41 Å². The molecule has 0 bridgehead atoms. The number of aliphatic hydroxyl groups is 1. The Labute approximate surface area is 120 Å². The first kappa shape index (κ1) is 14.9. The van der Waals surface area contributed by atoms with E-state index in [1.54, 1.807) is 0 Å². The fraction of sp³-hybridized carbons (Fsp3) is 0.562. The Morgan fingerprint density at radius 3 is 2.65 bits per heavy atom. The molecule has 1 fully saturated rings. The quantitative estimate of drug-likeness (QED) is 0.791. The highest BCUT2D eigenvalue weighted by Gasteiger charge is 2.35. The van der Waals surface area contributed by atoms with Crippen LogP contribution in [0, 0.1) is 5.41 Å². The van der Waals surface area contributed by atoms with Crippen molar-refractivity contribution in [2.75, 3.05) is 6.61 Å². The molecule has 2 amide bonds. The number of aliphatic hydroxyl groups excluding tert-OH is 1. The highest BCUT2D eigenvalue weighted by Crippen LogP contribution is 2.37. The van der Waals surface area contributed by atoms with E-state index in [1.165, 1.54) is 0 Å². The molecule has 0 saturated heterocycles. The van der Waals surface area contributed by atoms with Crippen LogP contribution in [0.15, 0.2) is 30.3 Å². The Morgan fingerprint density at radius 2 is 2.10 bits per heavy atom. The summed E-state index contributed by atoms with van der Waals surface area (Å²) in [4.78, 5) is 12.1. The molecule has 0 aliphatic heterocycles. The van der Waals surface area contributed by atoms with E-state index in [1.807, 2.05) is 30.3 Å². The third-order valence-electron chi connectivity index (χ3n) is 4.25. The van der Waals surface area contributed by atoms with E-state index in [-0.39, 0.29) is 30.1 Å². The van der Waals surface area contributed by atoms with E-state index in [0.29, 0.717) is 0 Å². The number of amides is 2. The van der Waals surface area contributed by atoms with Gasteiger partial charge in [0.1, 0.15) is 0 Å². The summed E-state index contributed by atoms with van der Waals surface area (Å²) in [5, 5.41) is 15.3. The lowest BCUT2D eigenvalue weighted by Crippen LogP contribution is -2.47. The molecular weight excluding hydrogens is 252 g/mol. The van der Waals surface area contributed by atoms with Gasteiger partial charge < -0.3 is 15.7 Å². The Hall–Kier alpha value is -1.55. The van der Waals surface area contributed by atoms with Crippen LogP contribution >= 0.6 is 0 Å². The Balaban J connectivity index is 1.93. The minimum Gasteiger partial charge on any atom is -0.394 e. The molecular formula is C16H24N2O2. The van der Waals surface area contributed by atoms with Crippen LogP contribution in [0.25, 0.3) is 0 Å². The average molecular weight is 276 g/mol. The smallest absolute Gasteiger partial charge is 0.315 e. The van der Waals surface area contributed by atoms with Gasteiger partial charge in [-0.3, -0.25) is 0 Å². The van der Waals surface area contributed by atoms with Crippen LogP contribution in [0.3, 0.4) is 0 Å². The average Bonchev–Trinajstić information content (AvgIpc) is 2.76. The van der Waals surface area contributed by atoms with Gasteiger partial charge >= 0.3 is 6.03 Å². The van der Waals surface area contributed by atoms with Gasteiger partial charge in [0.25, 0.3) is 0 Å². The Bertz CT molecular complexity index is 445. The number of carbonyl (C=O) groups is 1. The number of carbonyl (C=O) groups excluding carboxylic acids is 1. The van der Waals surface area contributed by atoms with Crippen molar-refractivity contribution in [3.8, 4) is 0 Å². The molecule has 1 aliphatic rings. The topological polar surface area (TPSA) is 61.4 Å². The molecule has 1 aromatic rings. The summed E-state index contributed by atoms with van der Waals surface area (Å²) in [7, 11) is 0. The monoisotopic (exact) mass is 276 g/mol. The molecule has 0 spiro atoms. The molecule has 4 heteroatoms. The maximum Gasteiger partial charge on any atom is 0.315 e. The lowest BCUT2D eigenvalue weighted by molar-refractivity contribution is 0.204. The van der Waals surface area contributed by atoms with Gasteiger partial charge in [0.15, 0.2) is 0 Å². The highest BCUT2D eigenvalue weighted by molar-refractivity contribution is 5.75. The summed E-state index contributed by atoms with van der Waals surface area (Å²) in [6.07, 6.45) is 3.32. The number of hydrogen-bond acceptors (Lipinski definition) is 2. The van der Waals surface area contributed by atoms with Gasteiger partial charge in [-0.25, -0.2) is 4.79 Å². The fourth-order valence-corrected chi connectivity index (χ4v) is 2.87. The summed E-state index contributed by atoms with van der Waals surface area (Å²) in [5.74, 6) is 0. The summed E-state index contributed by atoms with van der Waals surface area (Å²) in [6, 6.07) is 9.17. The molecule has 1 aliphatic carbocycles. The maximum absolute atomic E-state index is 12.1. The zero-order chi connectivity index (χ0) is 14.6. The maximum atomic E-state index is 12.1. The van der Waals surface area contributed by atoms with Crippen molar-refractivity contribution in [1.82, 2.24) is 10.6 Å². The lowest BCUT2D eigenvalue weighted by Gasteiger charge is -2.28. The second-order valence-corrected chi connectivity index (χ2v) is 6.20. The van der Waals surface area contributed by atoms with Crippen LogP contribution in [0.2, 0.25) is 0 Å². The first-order valence-electron chi connectivity index (χ1n) is 7.26. The minimum absolute atomic E-state index is 0.106. The Morgan fingerprint density at radius 1 is 1.40 bits per heavy atom. The lowest BCUT2D eigenvalue weighted by atomic mass is 9.87. The van der Waals surface area contributed by atoms with Gasteiger partial charge in [-0.15, -0.1) is 0 Å². The summed E-state index contributed by atoms with van der Waals surface area (Å²) in [6.45, 7) is 4.27. The fourth-order valence-electron chi connectivity index (χ4n) is 2.87. The van der Waals surface area contributed by atoms with E-state index >= 15 is 0 Å². The van der Waals surface area contributed by atoms with Crippen LogP contribution < -0.4 is 10.6 Å². The van der Waals surface area contributed by atoms with E-state index in [9.17, 15) is 9.90 Å². The van der Waals surface area contributed by atoms with Crippen molar-refractivity contribution in [2.45, 2.75) is 45.2 Å². The van der Waals surface area contributed by atoms with Crippen LogP contribution in [-0.2, 0) is 0 Å². The van der Waals surface area contributed by atoms with Gasteiger partial charge in [-0.2, -0.15) is 0 Å². The third kappa shape index (κ3) is 3.51. The number of rotatable bonds is 4. The van der Waals surface area contributed by atoms with E-state index in [2.05, 4.69) is 24.5 Å². The van der Waals surface area contributed by atoms with Crippen LogP contribution in [0.1, 0.15) is 44.7 Å². The molecule has 0 heterocycles. The minimum atomic E-state index is -0.360. The SMILES string of the molecule is CC1(C)CCCC1NC(=O)NC(CO)c1ccccc1. The van der Waals surface area contributed by atoms with Crippen molar-refractivity contribution in [3.63, 3.8) is 0 Å². The van der Waals surface area contributed by atoms with E-state index in [0.717, 1.165) is 24.8 Å². The van der Waals surface area contributed by atoms with Crippen LogP contribution in [0.4, 0.5) is 4.79 Å². The van der Waals surface area contributed by atoms with Gasteiger partial charge in [0.05, 0.1) is 12.6 Å². The zero-order valence-electron chi connectivity index (χ0n) is 12.2. The third-order valence-corrected chi connectivity index (χ3v) is 4.25. The molecule has 20 heavy (non-hydrogen) atoms. The molecule has 110 valence electrons. The van der Waals surface area contributed by atoms with E-state index < -0.39 is 0 Å². The predicted octanol–water partition coefficient (Wildman–Crippen LogP) is 2.60. The van der Waals surface area contributed by atoms with Crippen molar-refractivity contribution < 1.29 is 9.90 Å². The van der Waals surface area contributed by atoms with Gasteiger partial charge in [0.2, 0.25) is 0 Å².